The molecule has 2 radical (unpaired) electrons. The van der Waals surface area contributed by atoms with Gasteiger partial charge < -0.3 is 0 Å². The average molecular weight is 751 g/mol. The molecule has 0 spiro atoms. The zero-order valence-corrected chi connectivity index (χ0v) is 33.8. The van der Waals surface area contributed by atoms with Gasteiger partial charge in [-0.25, -0.2) is 0 Å². The van der Waals surface area contributed by atoms with E-state index in [0.717, 1.165) is 9.52 Å². The third-order valence-corrected chi connectivity index (χ3v) is 8.59. The number of hydrogen-bond donors (Lipinski definition) is 0. The van der Waals surface area contributed by atoms with Crippen molar-refractivity contribution >= 4 is 58.9 Å². The number of aryl methyl sites for hydroxylation is 4. The molecule has 0 heterocycles. The van der Waals surface area contributed by atoms with Gasteiger partial charge in [-0.2, -0.15) is 12.1 Å². The summed E-state index contributed by atoms with van der Waals surface area (Å²) in [7, 11) is 11.0. The fraction of sp³-hybridized carbons (Fsp3) is 0.209. The van der Waals surface area contributed by atoms with E-state index < -0.39 is 20.8 Å². The van der Waals surface area contributed by atoms with Crippen molar-refractivity contribution < 1.29 is 20.8 Å². The maximum absolute atomic E-state index is 4.93. The zero-order valence-electron chi connectivity index (χ0n) is 28.8. The van der Waals surface area contributed by atoms with E-state index in [1.807, 2.05) is 0 Å². The average Bonchev–Trinajstić information content (AvgIpc) is 3.68. The molecule has 238 valence electrons. The first-order chi connectivity index (χ1) is 22.6. The normalized spacial score (nSPS) is 10.5. The van der Waals surface area contributed by atoms with Crippen LogP contribution in [-0.2, 0) is 20.8 Å². The molecule has 7 aromatic carbocycles. The Balaban J connectivity index is 0.000000183. The third kappa shape index (κ3) is 9.04. The van der Waals surface area contributed by atoms with Crippen LogP contribution >= 0.6 is 17.0 Å². The predicted octanol–water partition coefficient (Wildman–Crippen LogP) is 14.1. The molecule has 7 aromatic rings. The topological polar surface area (TPSA) is 0 Å². The van der Waals surface area contributed by atoms with Crippen molar-refractivity contribution in [3.8, 4) is 22.3 Å². The van der Waals surface area contributed by atoms with Gasteiger partial charge in [0, 0.05) is 9.52 Å². The molecule has 0 atom stereocenters. The van der Waals surface area contributed by atoms with Crippen molar-refractivity contribution in [3.05, 3.63) is 143 Å². The fourth-order valence-corrected chi connectivity index (χ4v) is 6.04. The molecule has 0 aliphatic rings. The number of hydrogen-bond acceptors (Lipinski definition) is 0. The summed E-state index contributed by atoms with van der Waals surface area (Å²) >= 11 is -0.826. The van der Waals surface area contributed by atoms with E-state index in [1.165, 1.54) is 82.4 Å². The Hall–Kier alpha value is -2.74. The number of halogens is 2. The van der Waals surface area contributed by atoms with Crippen molar-refractivity contribution in [1.29, 1.82) is 0 Å². The number of rotatable bonds is 3. The van der Waals surface area contributed by atoms with Crippen LogP contribution in [0.25, 0.3) is 54.6 Å². The predicted molar refractivity (Wildman–Crippen MR) is 210 cm³/mol. The molecule has 0 saturated heterocycles. The van der Waals surface area contributed by atoms with Crippen LogP contribution in [0.1, 0.15) is 47.6 Å². The minimum atomic E-state index is -0.826. The van der Waals surface area contributed by atoms with Gasteiger partial charge in [-0.1, -0.05) is 125 Å². The molecule has 0 aliphatic heterocycles. The van der Waals surface area contributed by atoms with E-state index in [2.05, 4.69) is 170 Å². The van der Waals surface area contributed by atoms with Crippen molar-refractivity contribution in [2.24, 2.45) is 0 Å². The Labute approximate surface area is 303 Å². The van der Waals surface area contributed by atoms with E-state index in [4.69, 9.17) is 17.0 Å². The van der Waals surface area contributed by atoms with E-state index in [1.54, 1.807) is 0 Å². The van der Waals surface area contributed by atoms with Gasteiger partial charge in [0.05, 0.1) is 0 Å². The van der Waals surface area contributed by atoms with Crippen molar-refractivity contribution in [3.63, 3.8) is 0 Å². The summed E-state index contributed by atoms with van der Waals surface area (Å²) in [6, 6.07) is 42.3. The SMILES string of the molecule is C[Si]C.Cc1cc2c(-c3cccc4ccccc34)ccc(C)c2[cH-]1.Cc1ccc(-c2cccc3[cH-]c(C(C)C)cc23)cc1C.[Cl][Zr+2][Cl]. The Kier molecular flexibility index (Phi) is 13.9. The van der Waals surface area contributed by atoms with Gasteiger partial charge in [-0.3, -0.25) is 0 Å². The van der Waals surface area contributed by atoms with Crippen LogP contribution in [0.5, 0.6) is 0 Å². The third-order valence-electron chi connectivity index (χ3n) is 8.59. The first kappa shape index (κ1) is 37.1. The summed E-state index contributed by atoms with van der Waals surface area (Å²) in [6.45, 7) is 17.5. The van der Waals surface area contributed by atoms with Crippen LogP contribution in [0.2, 0.25) is 13.1 Å². The molecule has 7 rings (SSSR count). The first-order valence-corrected chi connectivity index (χ1v) is 24.4. The molecule has 0 unspecified atom stereocenters. The van der Waals surface area contributed by atoms with Crippen LogP contribution in [0.4, 0.5) is 0 Å². The minimum absolute atomic E-state index is 0.579. The molecule has 0 fully saturated rings. The van der Waals surface area contributed by atoms with Gasteiger partial charge in [0.25, 0.3) is 0 Å². The van der Waals surface area contributed by atoms with Gasteiger partial charge in [-0.15, -0.1) is 68.6 Å². The molecule has 0 saturated carbocycles. The summed E-state index contributed by atoms with van der Waals surface area (Å²) in [5.41, 5.74) is 12.1. The fourth-order valence-electron chi connectivity index (χ4n) is 6.04. The monoisotopic (exact) mass is 748 g/mol. The standard InChI is InChI=1S/C21H17.C20H21.C2H6Si.2ClH.Zr/c1-14-12-20-15(2)10-11-19(21(20)13-14)18-9-5-7-16-6-3-4-8-17(16)18;1-13(2)18-11-16-6-5-7-19(20(16)12-18)17-9-8-14(3)15(4)10-17;1-3-2;;;/h3-13H,1-2H3;5-13H,1-4H3;1-2H3;2*1H;/q2*-1;;;;+4/p-2. The van der Waals surface area contributed by atoms with Crippen molar-refractivity contribution in [1.82, 2.24) is 0 Å². The van der Waals surface area contributed by atoms with Crippen LogP contribution in [0.15, 0.2) is 115 Å². The number of benzene rings is 5. The molecule has 0 N–H and O–H groups in total. The Morgan fingerprint density at radius 1 is 0.596 bits per heavy atom. The van der Waals surface area contributed by atoms with E-state index in [9.17, 15) is 0 Å². The van der Waals surface area contributed by atoms with Gasteiger partial charge in [0.2, 0.25) is 0 Å². The molecule has 0 amide bonds. The summed E-state index contributed by atoms with van der Waals surface area (Å²) < 4.78 is 0. The second-order valence-corrected chi connectivity index (χ2v) is 17.2. The van der Waals surface area contributed by atoms with Crippen LogP contribution in [0, 0.1) is 27.7 Å². The first-order valence-electron chi connectivity index (χ1n) is 16.1. The van der Waals surface area contributed by atoms with Crippen molar-refractivity contribution in [2.45, 2.75) is 60.6 Å². The summed E-state index contributed by atoms with van der Waals surface area (Å²) in [4.78, 5) is 0. The maximum atomic E-state index is 4.93. The molecular weight excluding hydrogens is 707 g/mol. The van der Waals surface area contributed by atoms with Crippen molar-refractivity contribution in [2.75, 3.05) is 0 Å². The van der Waals surface area contributed by atoms with E-state index >= 15 is 0 Å². The van der Waals surface area contributed by atoms with E-state index in [0.29, 0.717) is 5.92 Å². The molecule has 0 aliphatic carbocycles. The summed E-state index contributed by atoms with van der Waals surface area (Å²) in [6.07, 6.45) is 0. The Bertz CT molecular complexity index is 2060. The van der Waals surface area contributed by atoms with Crippen LogP contribution in [-0.4, -0.2) is 9.52 Å². The Morgan fingerprint density at radius 3 is 1.91 bits per heavy atom. The zero-order chi connectivity index (χ0) is 34.1. The summed E-state index contributed by atoms with van der Waals surface area (Å²) in [5, 5.41) is 8.08. The second-order valence-electron chi connectivity index (χ2n) is 12.4. The Morgan fingerprint density at radius 2 is 1.21 bits per heavy atom. The molecule has 0 bridgehead atoms. The molecule has 0 nitrogen and oxygen atoms in total. The van der Waals surface area contributed by atoms with Crippen LogP contribution in [0.3, 0.4) is 0 Å². The summed E-state index contributed by atoms with van der Waals surface area (Å²) in [5.74, 6) is 0.579. The molecule has 0 aromatic heterocycles. The van der Waals surface area contributed by atoms with Gasteiger partial charge in [-0.05, 0) is 52.8 Å². The molecule has 4 heteroatoms. The van der Waals surface area contributed by atoms with Gasteiger partial charge >= 0.3 is 37.9 Å². The van der Waals surface area contributed by atoms with E-state index in [-0.39, 0.29) is 0 Å². The number of fused-ring (bicyclic) bond motifs is 3. The molecular formula is C43H44Cl2SiZr. The second kappa shape index (κ2) is 17.6. The van der Waals surface area contributed by atoms with Crippen LogP contribution < -0.4 is 0 Å². The molecule has 47 heavy (non-hydrogen) atoms. The van der Waals surface area contributed by atoms with Gasteiger partial charge in [0.1, 0.15) is 0 Å². The quantitative estimate of drug-likeness (QED) is 0.125. The van der Waals surface area contributed by atoms with Gasteiger partial charge in [0.15, 0.2) is 0 Å².